The van der Waals surface area contributed by atoms with Gasteiger partial charge in [0, 0.05) is 18.4 Å². The van der Waals surface area contributed by atoms with Gasteiger partial charge in [-0.25, -0.2) is 15.0 Å². The monoisotopic (exact) mass is 404 g/mol. The minimum absolute atomic E-state index is 0.0629. The second-order valence-corrected chi connectivity index (χ2v) is 7.04. The number of nitrogens with zero attached hydrogens (tertiary/aromatic N) is 3. The molecule has 0 spiro atoms. The van der Waals surface area contributed by atoms with Crippen LogP contribution in [-0.2, 0) is 4.79 Å². The molecule has 3 N–H and O–H groups in total. The first kappa shape index (κ1) is 19.9. The highest BCUT2D eigenvalue weighted by molar-refractivity contribution is 6.33. The summed E-state index contributed by atoms with van der Waals surface area (Å²) in [5.74, 6) is -0.562. The molecular formula is C18H21ClN6O3. The van der Waals surface area contributed by atoms with Crippen molar-refractivity contribution in [3.8, 4) is 0 Å². The van der Waals surface area contributed by atoms with Crippen LogP contribution in [0.1, 0.15) is 60.0 Å². The number of imidazole rings is 1. The molecule has 0 saturated heterocycles. The Bertz CT molecular complexity index is 876. The number of rotatable bonds is 6. The smallest absolute Gasteiger partial charge is 0.270 e. The standard InChI is InChI=1S/C18H21ClN6O3/c1-2-13(26)14-15(22-9-21-14)18(28)24-11-5-3-10(4-6-11)17(27)25-16-12(19)7-20-8-23-16/h7-11H,2-6H2,1H3,(H,21,22)(H,24,28)(H,20,23,25,27). The van der Waals surface area contributed by atoms with Crippen molar-refractivity contribution in [2.45, 2.75) is 45.1 Å². The van der Waals surface area contributed by atoms with Crippen LogP contribution in [0.3, 0.4) is 0 Å². The molecular weight excluding hydrogens is 384 g/mol. The van der Waals surface area contributed by atoms with E-state index in [9.17, 15) is 14.4 Å². The van der Waals surface area contributed by atoms with Gasteiger partial charge >= 0.3 is 0 Å². The second kappa shape index (κ2) is 8.92. The highest BCUT2D eigenvalue weighted by Gasteiger charge is 2.29. The zero-order chi connectivity index (χ0) is 20.1. The van der Waals surface area contributed by atoms with Gasteiger partial charge in [0.15, 0.2) is 11.6 Å². The molecule has 1 fully saturated rings. The van der Waals surface area contributed by atoms with Crippen molar-refractivity contribution < 1.29 is 14.4 Å². The van der Waals surface area contributed by atoms with Crippen LogP contribution in [0, 0.1) is 5.92 Å². The van der Waals surface area contributed by atoms with Crippen molar-refractivity contribution in [1.82, 2.24) is 25.3 Å². The first-order valence-electron chi connectivity index (χ1n) is 9.13. The van der Waals surface area contributed by atoms with E-state index in [0.29, 0.717) is 31.5 Å². The zero-order valence-corrected chi connectivity index (χ0v) is 16.1. The van der Waals surface area contributed by atoms with Crippen molar-refractivity contribution >= 4 is 35.0 Å². The van der Waals surface area contributed by atoms with Crippen molar-refractivity contribution in [3.05, 3.63) is 35.3 Å². The number of H-pyrrole nitrogens is 1. The Morgan fingerprint density at radius 3 is 2.64 bits per heavy atom. The van der Waals surface area contributed by atoms with Gasteiger partial charge in [-0.1, -0.05) is 18.5 Å². The molecule has 0 aromatic carbocycles. The number of anilines is 1. The van der Waals surface area contributed by atoms with Gasteiger partial charge in [0.05, 0.1) is 12.5 Å². The minimum atomic E-state index is -0.352. The van der Waals surface area contributed by atoms with Gasteiger partial charge in [-0.15, -0.1) is 0 Å². The zero-order valence-electron chi connectivity index (χ0n) is 15.4. The maximum absolute atomic E-state index is 12.5. The number of carbonyl (C=O) groups is 3. The third-order valence-corrected chi connectivity index (χ3v) is 5.07. The number of amides is 2. The quantitative estimate of drug-likeness (QED) is 0.633. The van der Waals surface area contributed by atoms with Gasteiger partial charge in [0.1, 0.15) is 22.7 Å². The molecule has 2 amide bonds. The number of ketones is 1. The van der Waals surface area contributed by atoms with Gasteiger partial charge in [-0.2, -0.15) is 0 Å². The summed E-state index contributed by atoms with van der Waals surface area (Å²) in [5.41, 5.74) is 0.347. The summed E-state index contributed by atoms with van der Waals surface area (Å²) in [5, 5.41) is 5.93. The summed E-state index contributed by atoms with van der Waals surface area (Å²) in [7, 11) is 0. The van der Waals surface area contributed by atoms with Crippen LogP contribution in [-0.4, -0.2) is 43.6 Å². The average molecular weight is 405 g/mol. The number of aromatic nitrogens is 4. The molecule has 28 heavy (non-hydrogen) atoms. The number of nitrogens with one attached hydrogen (secondary N) is 3. The Labute approximate surface area is 166 Å². The summed E-state index contributed by atoms with van der Waals surface area (Å²) >= 11 is 5.96. The third-order valence-electron chi connectivity index (χ3n) is 4.79. The molecule has 1 aliphatic carbocycles. The average Bonchev–Trinajstić information content (AvgIpc) is 3.19. The largest absolute Gasteiger partial charge is 0.348 e. The molecule has 2 aromatic heterocycles. The lowest BCUT2D eigenvalue weighted by atomic mass is 9.85. The number of Topliss-reactive ketones (excluding diaryl/α,β-unsaturated/α-hetero) is 1. The molecule has 0 radical (unpaired) electrons. The van der Waals surface area contributed by atoms with Crippen LogP contribution >= 0.6 is 11.6 Å². The van der Waals surface area contributed by atoms with E-state index in [0.717, 1.165) is 0 Å². The number of aromatic amines is 1. The van der Waals surface area contributed by atoms with Crippen molar-refractivity contribution in [3.63, 3.8) is 0 Å². The Morgan fingerprint density at radius 1 is 1.21 bits per heavy atom. The van der Waals surface area contributed by atoms with E-state index in [1.54, 1.807) is 6.92 Å². The number of hydrogen-bond donors (Lipinski definition) is 3. The maximum Gasteiger partial charge on any atom is 0.270 e. The van der Waals surface area contributed by atoms with Gasteiger partial charge in [0.25, 0.3) is 5.91 Å². The summed E-state index contributed by atoms with van der Waals surface area (Å²) in [6, 6.07) is -0.0629. The molecule has 0 bridgehead atoms. The van der Waals surface area contributed by atoms with Crippen molar-refractivity contribution in [1.29, 1.82) is 0 Å². The highest BCUT2D eigenvalue weighted by Crippen LogP contribution is 2.27. The van der Waals surface area contributed by atoms with Gasteiger partial charge in [0.2, 0.25) is 5.91 Å². The summed E-state index contributed by atoms with van der Waals surface area (Å²) < 4.78 is 0. The molecule has 2 aromatic rings. The molecule has 0 atom stereocenters. The van der Waals surface area contributed by atoms with Crippen LogP contribution < -0.4 is 10.6 Å². The fourth-order valence-electron chi connectivity index (χ4n) is 3.23. The maximum atomic E-state index is 12.5. The lowest BCUT2D eigenvalue weighted by molar-refractivity contribution is -0.120. The fraction of sp³-hybridized carbons (Fsp3) is 0.444. The molecule has 3 rings (SSSR count). The van der Waals surface area contributed by atoms with E-state index >= 15 is 0 Å². The number of hydrogen-bond acceptors (Lipinski definition) is 6. The predicted octanol–water partition coefficient (Wildman–Crippen LogP) is 2.37. The Balaban J connectivity index is 1.52. The molecule has 9 nitrogen and oxygen atoms in total. The fourth-order valence-corrected chi connectivity index (χ4v) is 3.38. The normalized spacial score (nSPS) is 19.1. The molecule has 0 unspecified atom stereocenters. The Kier molecular flexibility index (Phi) is 6.35. The van der Waals surface area contributed by atoms with E-state index in [1.165, 1.54) is 18.9 Å². The van der Waals surface area contributed by atoms with Crippen LogP contribution in [0.25, 0.3) is 0 Å². The molecule has 0 aliphatic heterocycles. The van der Waals surface area contributed by atoms with Crippen LogP contribution in [0.2, 0.25) is 5.02 Å². The van der Waals surface area contributed by atoms with E-state index in [4.69, 9.17) is 11.6 Å². The SMILES string of the molecule is CCC(=O)c1nc[nH]c1C(=O)NC1CCC(C(=O)Nc2ncncc2Cl)CC1. The lowest BCUT2D eigenvalue weighted by Gasteiger charge is -2.28. The topological polar surface area (TPSA) is 130 Å². The molecule has 2 heterocycles. The summed E-state index contributed by atoms with van der Waals surface area (Å²) in [6.07, 6.45) is 6.94. The third kappa shape index (κ3) is 4.53. The Morgan fingerprint density at radius 2 is 1.96 bits per heavy atom. The summed E-state index contributed by atoms with van der Waals surface area (Å²) in [4.78, 5) is 51.2. The second-order valence-electron chi connectivity index (χ2n) is 6.63. The van der Waals surface area contributed by atoms with E-state index < -0.39 is 0 Å². The van der Waals surface area contributed by atoms with E-state index in [-0.39, 0.29) is 52.4 Å². The van der Waals surface area contributed by atoms with Gasteiger partial charge < -0.3 is 15.6 Å². The molecule has 10 heteroatoms. The van der Waals surface area contributed by atoms with E-state index in [2.05, 4.69) is 30.6 Å². The predicted molar refractivity (Wildman–Crippen MR) is 102 cm³/mol. The molecule has 1 saturated carbocycles. The highest BCUT2D eigenvalue weighted by atomic mass is 35.5. The van der Waals surface area contributed by atoms with Crippen LogP contribution in [0.5, 0.6) is 0 Å². The van der Waals surface area contributed by atoms with Gasteiger partial charge in [-0.05, 0) is 25.7 Å². The first-order chi connectivity index (χ1) is 13.5. The lowest BCUT2D eigenvalue weighted by Crippen LogP contribution is -2.40. The summed E-state index contributed by atoms with van der Waals surface area (Å²) in [6.45, 7) is 1.72. The number of carbonyl (C=O) groups excluding carboxylic acids is 3. The van der Waals surface area contributed by atoms with Crippen molar-refractivity contribution in [2.24, 2.45) is 5.92 Å². The molecule has 148 valence electrons. The van der Waals surface area contributed by atoms with Crippen molar-refractivity contribution in [2.75, 3.05) is 5.32 Å². The number of halogens is 1. The van der Waals surface area contributed by atoms with Crippen LogP contribution in [0.4, 0.5) is 5.82 Å². The van der Waals surface area contributed by atoms with E-state index in [1.807, 2.05) is 0 Å². The van der Waals surface area contributed by atoms with Gasteiger partial charge in [-0.3, -0.25) is 14.4 Å². The molecule has 1 aliphatic rings. The minimum Gasteiger partial charge on any atom is -0.348 e. The van der Waals surface area contributed by atoms with Crippen LogP contribution in [0.15, 0.2) is 18.9 Å². The Hall–Kier alpha value is -2.81. The first-order valence-corrected chi connectivity index (χ1v) is 9.51.